The van der Waals surface area contributed by atoms with Crippen LogP contribution in [0.5, 0.6) is 0 Å². The lowest BCUT2D eigenvalue weighted by Gasteiger charge is -2.11. The molecule has 0 N–H and O–H groups in total. The van der Waals surface area contributed by atoms with Gasteiger partial charge in [-0.3, -0.25) is 4.98 Å². The Morgan fingerprint density at radius 2 is 2.20 bits per heavy atom. The first-order valence-electron chi connectivity index (χ1n) is 4.30. The summed E-state index contributed by atoms with van der Waals surface area (Å²) in [6, 6.07) is 1.93. The van der Waals surface area contributed by atoms with Gasteiger partial charge in [0.1, 0.15) is 5.69 Å². The molecule has 0 aliphatic carbocycles. The number of hydrogen-bond donors (Lipinski definition) is 0. The van der Waals surface area contributed by atoms with E-state index in [0.29, 0.717) is 5.56 Å². The monoisotopic (exact) mass is 230 g/mol. The summed E-state index contributed by atoms with van der Waals surface area (Å²) in [5.41, 5.74) is 1.25. The van der Waals surface area contributed by atoms with Crippen molar-refractivity contribution in [3.8, 4) is 6.07 Å². The van der Waals surface area contributed by atoms with Gasteiger partial charge in [-0.25, -0.2) is 8.78 Å². The molecule has 0 fully saturated rings. The molecule has 0 amide bonds. The number of aryl methyl sites for hydroxylation is 1. The highest BCUT2D eigenvalue weighted by Gasteiger charge is 2.18. The Hall–Kier alpha value is -1.21. The molecule has 1 rings (SSSR count). The minimum absolute atomic E-state index is 0.0502. The second-order valence-corrected chi connectivity index (χ2v) is 3.32. The van der Waals surface area contributed by atoms with Gasteiger partial charge < -0.3 is 0 Å². The van der Waals surface area contributed by atoms with Gasteiger partial charge in [-0.15, -0.1) is 11.6 Å². The number of halogens is 3. The average molecular weight is 231 g/mol. The van der Waals surface area contributed by atoms with E-state index in [1.165, 1.54) is 6.20 Å². The third-order valence-corrected chi connectivity index (χ3v) is 2.41. The zero-order valence-corrected chi connectivity index (χ0v) is 8.85. The van der Waals surface area contributed by atoms with Crippen LogP contribution in [-0.4, -0.2) is 4.98 Å². The number of rotatable bonds is 3. The molecular weight excluding hydrogens is 222 g/mol. The summed E-state index contributed by atoms with van der Waals surface area (Å²) < 4.78 is 25.1. The molecule has 0 radical (unpaired) electrons. The fourth-order valence-corrected chi connectivity index (χ4v) is 1.68. The molecule has 5 heteroatoms. The molecule has 0 atom stereocenters. The van der Waals surface area contributed by atoms with Crippen LogP contribution in [-0.2, 0) is 12.3 Å². The van der Waals surface area contributed by atoms with E-state index in [-0.39, 0.29) is 23.6 Å². The van der Waals surface area contributed by atoms with E-state index in [1.807, 2.05) is 6.07 Å². The van der Waals surface area contributed by atoms with Crippen molar-refractivity contribution in [2.24, 2.45) is 0 Å². The highest BCUT2D eigenvalue weighted by atomic mass is 35.5. The van der Waals surface area contributed by atoms with E-state index < -0.39 is 6.43 Å². The summed E-state index contributed by atoms with van der Waals surface area (Å²) in [6.07, 6.45) is -1.22. The third kappa shape index (κ3) is 2.42. The highest BCUT2D eigenvalue weighted by Crippen LogP contribution is 2.26. The van der Waals surface area contributed by atoms with Crippen molar-refractivity contribution in [1.29, 1.82) is 5.26 Å². The van der Waals surface area contributed by atoms with Gasteiger partial charge in [0.05, 0.1) is 12.5 Å². The van der Waals surface area contributed by atoms with Crippen molar-refractivity contribution < 1.29 is 8.78 Å². The molecule has 15 heavy (non-hydrogen) atoms. The molecule has 0 aliphatic rings. The van der Waals surface area contributed by atoms with Gasteiger partial charge in [0.25, 0.3) is 6.43 Å². The molecule has 1 heterocycles. The first-order valence-corrected chi connectivity index (χ1v) is 4.83. The van der Waals surface area contributed by atoms with Crippen LogP contribution in [0.3, 0.4) is 0 Å². The van der Waals surface area contributed by atoms with Crippen molar-refractivity contribution in [3.05, 3.63) is 28.6 Å². The number of alkyl halides is 3. The molecule has 0 spiro atoms. The van der Waals surface area contributed by atoms with Crippen molar-refractivity contribution >= 4 is 11.6 Å². The van der Waals surface area contributed by atoms with Crippen LogP contribution in [0.2, 0.25) is 0 Å². The fraction of sp³-hybridized carbons (Fsp3) is 0.400. The Morgan fingerprint density at radius 1 is 1.53 bits per heavy atom. The first kappa shape index (κ1) is 11.9. The van der Waals surface area contributed by atoms with Crippen LogP contribution in [0.15, 0.2) is 6.20 Å². The molecule has 0 aromatic carbocycles. The molecule has 80 valence electrons. The van der Waals surface area contributed by atoms with E-state index in [9.17, 15) is 8.78 Å². The Labute approximate surface area is 91.5 Å². The van der Waals surface area contributed by atoms with E-state index in [1.54, 1.807) is 6.92 Å². The zero-order valence-electron chi connectivity index (χ0n) is 8.10. The van der Waals surface area contributed by atoms with Gasteiger partial charge >= 0.3 is 0 Å². The third-order valence-electron chi connectivity index (χ3n) is 2.14. The zero-order chi connectivity index (χ0) is 11.4. The van der Waals surface area contributed by atoms with Crippen LogP contribution in [0.4, 0.5) is 8.78 Å². The Bertz CT molecular complexity index is 399. The van der Waals surface area contributed by atoms with Gasteiger partial charge in [0.15, 0.2) is 0 Å². The van der Waals surface area contributed by atoms with Crippen molar-refractivity contribution in [1.82, 2.24) is 4.98 Å². The number of nitriles is 1. The minimum atomic E-state index is -2.66. The number of nitrogens with zero attached hydrogens (tertiary/aromatic N) is 2. The van der Waals surface area contributed by atoms with Gasteiger partial charge in [-0.1, -0.05) is 0 Å². The summed E-state index contributed by atoms with van der Waals surface area (Å²) in [5, 5.41) is 8.59. The molecule has 0 saturated carbocycles. The fourth-order valence-electron chi connectivity index (χ4n) is 1.38. The molecular formula is C10H9ClF2N2. The molecule has 0 bridgehead atoms. The van der Waals surface area contributed by atoms with Gasteiger partial charge in [-0.2, -0.15) is 5.26 Å². The lowest BCUT2D eigenvalue weighted by atomic mass is 10.0. The number of pyridine rings is 1. The second kappa shape index (κ2) is 5.04. The summed E-state index contributed by atoms with van der Waals surface area (Å²) in [6.45, 7) is 1.73. The lowest BCUT2D eigenvalue weighted by molar-refractivity contribution is 0.145. The first-order chi connectivity index (χ1) is 7.11. The van der Waals surface area contributed by atoms with Crippen LogP contribution < -0.4 is 0 Å². The van der Waals surface area contributed by atoms with E-state index >= 15 is 0 Å². The van der Waals surface area contributed by atoms with Crippen LogP contribution in [0.1, 0.15) is 28.8 Å². The van der Waals surface area contributed by atoms with Crippen LogP contribution in [0, 0.1) is 18.3 Å². The van der Waals surface area contributed by atoms with Crippen LogP contribution in [0.25, 0.3) is 0 Å². The van der Waals surface area contributed by atoms with E-state index in [0.717, 1.165) is 5.56 Å². The van der Waals surface area contributed by atoms with Crippen molar-refractivity contribution in [2.45, 2.75) is 25.7 Å². The SMILES string of the molecule is Cc1cnc(C(F)F)c(CCl)c1CC#N. The quantitative estimate of drug-likeness (QED) is 0.748. The number of aromatic nitrogens is 1. The molecule has 2 nitrogen and oxygen atoms in total. The van der Waals surface area contributed by atoms with Crippen molar-refractivity contribution in [3.63, 3.8) is 0 Å². The normalized spacial score (nSPS) is 10.4. The predicted octanol–water partition coefficient (Wildman–Crippen LogP) is 3.13. The second-order valence-electron chi connectivity index (χ2n) is 3.05. The molecule has 1 aromatic rings. The molecule has 0 saturated heterocycles. The van der Waals surface area contributed by atoms with Gasteiger partial charge in [0.2, 0.25) is 0 Å². The molecule has 1 aromatic heterocycles. The standard InChI is InChI=1S/C10H9ClF2N2/c1-6-5-15-9(10(12)13)8(4-11)7(6)2-3-14/h5,10H,2,4H2,1H3. The maximum absolute atomic E-state index is 12.6. The highest BCUT2D eigenvalue weighted by molar-refractivity contribution is 6.17. The summed E-state index contributed by atoms with van der Waals surface area (Å²) in [5.74, 6) is -0.0502. The molecule has 0 aliphatic heterocycles. The minimum Gasteiger partial charge on any atom is -0.255 e. The van der Waals surface area contributed by atoms with E-state index in [4.69, 9.17) is 16.9 Å². The van der Waals surface area contributed by atoms with Crippen LogP contribution >= 0.6 is 11.6 Å². The van der Waals surface area contributed by atoms with E-state index in [2.05, 4.69) is 4.98 Å². The Morgan fingerprint density at radius 3 is 2.67 bits per heavy atom. The molecule has 0 unspecified atom stereocenters. The number of hydrogen-bond acceptors (Lipinski definition) is 2. The maximum atomic E-state index is 12.6. The Kier molecular flexibility index (Phi) is 3.98. The summed E-state index contributed by atoms with van der Waals surface area (Å²) in [4.78, 5) is 3.65. The average Bonchev–Trinajstić information content (AvgIpc) is 2.20. The summed E-state index contributed by atoms with van der Waals surface area (Å²) in [7, 11) is 0. The largest absolute Gasteiger partial charge is 0.280 e. The predicted molar refractivity (Wildman–Crippen MR) is 52.8 cm³/mol. The Balaban J connectivity index is 3.34. The maximum Gasteiger partial charge on any atom is 0.280 e. The smallest absolute Gasteiger partial charge is 0.255 e. The summed E-state index contributed by atoms with van der Waals surface area (Å²) >= 11 is 5.61. The van der Waals surface area contributed by atoms with Crippen molar-refractivity contribution in [2.75, 3.05) is 0 Å². The topological polar surface area (TPSA) is 36.7 Å². The lowest BCUT2D eigenvalue weighted by Crippen LogP contribution is -2.04. The van der Waals surface area contributed by atoms with Gasteiger partial charge in [0, 0.05) is 12.1 Å². The van der Waals surface area contributed by atoms with Gasteiger partial charge in [-0.05, 0) is 23.6 Å².